The Labute approximate surface area is 104 Å². The van der Waals surface area contributed by atoms with Crippen LogP contribution in [0.3, 0.4) is 0 Å². The van der Waals surface area contributed by atoms with Gasteiger partial charge in [-0.3, -0.25) is 4.79 Å². The number of urea groups is 1. The van der Waals surface area contributed by atoms with Gasteiger partial charge in [0.1, 0.15) is 0 Å². The molecule has 0 radical (unpaired) electrons. The van der Waals surface area contributed by atoms with Crippen molar-refractivity contribution in [1.29, 1.82) is 0 Å². The van der Waals surface area contributed by atoms with Gasteiger partial charge in [-0.15, -0.1) is 0 Å². The summed E-state index contributed by atoms with van der Waals surface area (Å²) in [5.74, 6) is -1.59. The highest BCUT2D eigenvalue weighted by atomic mass is 16.5. The molecule has 0 saturated heterocycles. The Kier molecular flexibility index (Phi) is 3.01. The molecule has 0 unspecified atom stereocenters. The number of ether oxygens (including phenoxy) is 1. The molecule has 2 rings (SSSR count). The van der Waals surface area contributed by atoms with Crippen molar-refractivity contribution in [1.82, 2.24) is 4.90 Å². The number of methoxy groups -OCH3 is 1. The van der Waals surface area contributed by atoms with E-state index >= 15 is 0 Å². The Morgan fingerprint density at radius 3 is 2.78 bits per heavy atom. The van der Waals surface area contributed by atoms with Gasteiger partial charge in [-0.2, -0.15) is 0 Å². The van der Waals surface area contributed by atoms with Crippen LogP contribution in [0.15, 0.2) is 18.2 Å². The van der Waals surface area contributed by atoms with Gasteiger partial charge in [0.2, 0.25) is 0 Å². The molecule has 6 nitrogen and oxygen atoms in total. The van der Waals surface area contributed by atoms with Gasteiger partial charge in [0.05, 0.1) is 7.11 Å². The lowest BCUT2D eigenvalue weighted by Gasteiger charge is -2.26. The fourth-order valence-electron chi connectivity index (χ4n) is 1.74. The Morgan fingerprint density at radius 2 is 2.11 bits per heavy atom. The summed E-state index contributed by atoms with van der Waals surface area (Å²) in [6, 6.07) is 4.49. The molecule has 0 atom stereocenters. The molecule has 6 heteroatoms. The number of carbonyl (C=O) groups is 3. The normalized spacial score (nSPS) is 13.7. The Bertz CT molecular complexity index is 539. The quantitative estimate of drug-likeness (QED) is 0.481. The van der Waals surface area contributed by atoms with E-state index in [1.807, 2.05) is 0 Å². The van der Waals surface area contributed by atoms with Crippen LogP contribution in [-0.2, 0) is 16.1 Å². The number of rotatable bonds is 2. The number of carbonyl (C=O) groups excluding carboxylic acids is 3. The third-order valence-corrected chi connectivity index (χ3v) is 2.73. The lowest BCUT2D eigenvalue weighted by molar-refractivity contribution is -0.135. The largest absolute Gasteiger partial charge is 0.463 e. The first kappa shape index (κ1) is 12.1. The van der Waals surface area contributed by atoms with Gasteiger partial charge in [0.15, 0.2) is 0 Å². The third-order valence-electron chi connectivity index (χ3n) is 2.73. The zero-order chi connectivity index (χ0) is 13.3. The van der Waals surface area contributed by atoms with Crippen LogP contribution in [0.5, 0.6) is 0 Å². The first-order valence-corrected chi connectivity index (χ1v) is 5.30. The van der Waals surface area contributed by atoms with Gasteiger partial charge in [0.25, 0.3) is 5.78 Å². The summed E-state index contributed by atoms with van der Waals surface area (Å²) in [4.78, 5) is 35.7. The second-order valence-corrected chi connectivity index (χ2v) is 3.98. The van der Waals surface area contributed by atoms with Gasteiger partial charge in [-0.05, 0) is 23.8 Å². The van der Waals surface area contributed by atoms with Crippen LogP contribution in [-0.4, -0.2) is 36.8 Å². The number of hydrogen-bond acceptors (Lipinski definition) is 4. The molecule has 0 aromatic heterocycles. The summed E-state index contributed by atoms with van der Waals surface area (Å²) >= 11 is 0. The Balaban J connectivity index is 2.33. The van der Waals surface area contributed by atoms with Crippen molar-refractivity contribution in [3.8, 4) is 0 Å². The van der Waals surface area contributed by atoms with Crippen molar-refractivity contribution < 1.29 is 19.1 Å². The molecule has 0 saturated carbocycles. The molecule has 1 aliphatic rings. The summed E-state index contributed by atoms with van der Waals surface area (Å²) in [7, 11) is 2.81. The van der Waals surface area contributed by atoms with E-state index in [4.69, 9.17) is 0 Å². The highest BCUT2D eigenvalue weighted by molar-refractivity contribution is 6.40. The average molecular weight is 248 g/mol. The molecule has 0 bridgehead atoms. The van der Waals surface area contributed by atoms with Crippen molar-refractivity contribution in [3.63, 3.8) is 0 Å². The van der Waals surface area contributed by atoms with Gasteiger partial charge in [-0.1, -0.05) is 0 Å². The van der Waals surface area contributed by atoms with Crippen LogP contribution < -0.4 is 5.32 Å². The van der Waals surface area contributed by atoms with E-state index in [9.17, 15) is 14.4 Å². The topological polar surface area (TPSA) is 75.7 Å². The minimum absolute atomic E-state index is 0.199. The second-order valence-electron chi connectivity index (χ2n) is 3.98. The van der Waals surface area contributed by atoms with Crippen LogP contribution in [0, 0.1) is 0 Å². The number of benzene rings is 1. The molecule has 0 spiro atoms. The number of amides is 2. The van der Waals surface area contributed by atoms with Gasteiger partial charge < -0.3 is 15.0 Å². The van der Waals surface area contributed by atoms with E-state index in [0.717, 1.165) is 12.7 Å². The SMILES string of the molecule is COC(=O)C(=O)c1ccc2c(c1)CN(C)C(=O)N2. The molecule has 0 fully saturated rings. The van der Waals surface area contributed by atoms with E-state index in [1.54, 1.807) is 19.2 Å². The van der Waals surface area contributed by atoms with E-state index in [2.05, 4.69) is 10.1 Å². The van der Waals surface area contributed by atoms with Crippen molar-refractivity contribution in [2.45, 2.75) is 6.54 Å². The number of fused-ring (bicyclic) bond motifs is 1. The lowest BCUT2D eigenvalue weighted by Crippen LogP contribution is -2.35. The highest BCUT2D eigenvalue weighted by Crippen LogP contribution is 2.23. The minimum atomic E-state index is -0.900. The summed E-state index contributed by atoms with van der Waals surface area (Å²) in [5.41, 5.74) is 1.69. The molecule has 94 valence electrons. The van der Waals surface area contributed by atoms with E-state index < -0.39 is 11.8 Å². The Morgan fingerprint density at radius 1 is 1.39 bits per heavy atom. The van der Waals surface area contributed by atoms with E-state index in [-0.39, 0.29) is 11.6 Å². The fraction of sp³-hybridized carbons (Fsp3) is 0.250. The molecular weight excluding hydrogens is 236 g/mol. The zero-order valence-electron chi connectivity index (χ0n) is 10.0. The molecule has 1 heterocycles. The predicted molar refractivity (Wildman–Crippen MR) is 63.3 cm³/mol. The van der Waals surface area contributed by atoms with Crippen molar-refractivity contribution in [3.05, 3.63) is 29.3 Å². The average Bonchev–Trinajstić information content (AvgIpc) is 2.37. The summed E-state index contributed by atoms with van der Waals surface area (Å²) in [6.45, 7) is 0.392. The van der Waals surface area contributed by atoms with Crippen molar-refractivity contribution in [2.24, 2.45) is 0 Å². The molecule has 1 aliphatic heterocycles. The standard InChI is InChI=1S/C12H12N2O4/c1-14-6-8-5-7(10(15)11(16)18-2)3-4-9(8)13-12(14)17/h3-5H,6H2,1-2H3,(H,13,17). The fourth-order valence-corrected chi connectivity index (χ4v) is 1.74. The van der Waals surface area contributed by atoms with Gasteiger partial charge >= 0.3 is 12.0 Å². The number of nitrogens with one attached hydrogen (secondary N) is 1. The third kappa shape index (κ3) is 2.04. The molecule has 0 aliphatic carbocycles. The first-order valence-electron chi connectivity index (χ1n) is 5.30. The number of nitrogens with zero attached hydrogens (tertiary/aromatic N) is 1. The summed E-state index contributed by atoms with van der Waals surface area (Å²) in [6.07, 6.45) is 0. The molecule has 18 heavy (non-hydrogen) atoms. The molecule has 1 N–H and O–H groups in total. The summed E-state index contributed by atoms with van der Waals surface area (Å²) in [5, 5.41) is 2.68. The lowest BCUT2D eigenvalue weighted by atomic mass is 10.0. The van der Waals surface area contributed by atoms with E-state index in [1.165, 1.54) is 11.0 Å². The predicted octanol–water partition coefficient (Wildman–Crippen LogP) is 1.02. The maximum absolute atomic E-state index is 11.6. The number of esters is 1. The highest BCUT2D eigenvalue weighted by Gasteiger charge is 2.22. The van der Waals surface area contributed by atoms with Crippen LogP contribution in [0.25, 0.3) is 0 Å². The number of anilines is 1. The molecule has 1 aromatic rings. The molecule has 1 aromatic carbocycles. The Hall–Kier alpha value is -2.37. The molecule has 2 amide bonds. The smallest absolute Gasteiger partial charge is 0.379 e. The van der Waals surface area contributed by atoms with Crippen molar-refractivity contribution >= 4 is 23.5 Å². The van der Waals surface area contributed by atoms with Crippen LogP contribution in [0.2, 0.25) is 0 Å². The summed E-state index contributed by atoms with van der Waals surface area (Å²) < 4.78 is 4.38. The first-order chi connectivity index (χ1) is 8.52. The number of Topliss-reactive ketones (excluding diaryl/α,β-unsaturated/α-hetero) is 1. The number of hydrogen-bond donors (Lipinski definition) is 1. The number of ketones is 1. The van der Waals surface area contributed by atoms with Crippen LogP contribution in [0.1, 0.15) is 15.9 Å². The zero-order valence-corrected chi connectivity index (χ0v) is 10.0. The maximum Gasteiger partial charge on any atom is 0.379 e. The van der Waals surface area contributed by atoms with Gasteiger partial charge in [-0.25, -0.2) is 9.59 Å². The van der Waals surface area contributed by atoms with Crippen LogP contribution >= 0.6 is 0 Å². The van der Waals surface area contributed by atoms with Gasteiger partial charge in [0, 0.05) is 24.8 Å². The van der Waals surface area contributed by atoms with Crippen molar-refractivity contribution in [2.75, 3.05) is 19.5 Å². The van der Waals surface area contributed by atoms with Crippen LogP contribution in [0.4, 0.5) is 10.5 Å². The maximum atomic E-state index is 11.6. The molecular formula is C12H12N2O4. The second kappa shape index (κ2) is 4.48. The minimum Gasteiger partial charge on any atom is -0.463 e. The monoisotopic (exact) mass is 248 g/mol. The van der Waals surface area contributed by atoms with E-state index in [0.29, 0.717) is 12.2 Å².